The summed E-state index contributed by atoms with van der Waals surface area (Å²) in [5, 5.41) is 10.5. The predicted molar refractivity (Wildman–Crippen MR) is 183 cm³/mol. The van der Waals surface area contributed by atoms with Crippen LogP contribution >= 0.6 is 23.4 Å². The highest BCUT2D eigenvalue weighted by Gasteiger charge is 2.19. The number of fused-ring (bicyclic) bond motifs is 1. The molecule has 1 atom stereocenters. The second kappa shape index (κ2) is 14.6. The molecular weight excluding hydrogens is 606 g/mol. The molecule has 226 valence electrons. The van der Waals surface area contributed by atoms with Crippen molar-refractivity contribution < 1.29 is 19.1 Å². The first kappa shape index (κ1) is 31.4. The smallest absolute Gasteiger partial charge is 0.272 e. The summed E-state index contributed by atoms with van der Waals surface area (Å²) in [5.41, 5.74) is 2.28. The zero-order valence-corrected chi connectivity index (χ0v) is 26.1. The van der Waals surface area contributed by atoms with Crippen LogP contribution in [-0.2, 0) is 9.59 Å². The van der Waals surface area contributed by atoms with Gasteiger partial charge in [-0.2, -0.15) is 0 Å². The number of rotatable bonds is 10. The van der Waals surface area contributed by atoms with E-state index in [0.29, 0.717) is 27.7 Å². The number of carbonyl (C=O) groups excluding carboxylic acids is 3. The van der Waals surface area contributed by atoms with Gasteiger partial charge < -0.3 is 20.7 Å². The Balaban J connectivity index is 1.35. The van der Waals surface area contributed by atoms with Crippen LogP contribution in [0.15, 0.2) is 126 Å². The third-order valence-corrected chi connectivity index (χ3v) is 8.17. The Kier molecular flexibility index (Phi) is 10.2. The Morgan fingerprint density at radius 2 is 1.56 bits per heavy atom. The van der Waals surface area contributed by atoms with E-state index in [0.717, 1.165) is 21.2 Å². The van der Waals surface area contributed by atoms with E-state index in [1.165, 1.54) is 18.9 Å². The van der Waals surface area contributed by atoms with Crippen LogP contribution in [0.5, 0.6) is 5.75 Å². The fourth-order valence-electron chi connectivity index (χ4n) is 4.59. The van der Waals surface area contributed by atoms with Crippen molar-refractivity contribution in [3.63, 3.8) is 0 Å². The minimum atomic E-state index is -0.492. The Bertz CT molecular complexity index is 1890. The van der Waals surface area contributed by atoms with Gasteiger partial charge >= 0.3 is 0 Å². The molecule has 45 heavy (non-hydrogen) atoms. The number of benzene rings is 5. The molecule has 5 aromatic rings. The molecular formula is C36H30ClN3O4S. The van der Waals surface area contributed by atoms with Crippen molar-refractivity contribution >= 4 is 69.3 Å². The van der Waals surface area contributed by atoms with Gasteiger partial charge in [0.25, 0.3) is 11.8 Å². The average molecular weight is 636 g/mol. The van der Waals surface area contributed by atoms with Crippen LogP contribution in [0.25, 0.3) is 16.8 Å². The summed E-state index contributed by atoms with van der Waals surface area (Å²) in [6.07, 6.45) is 1.67. The highest BCUT2D eigenvalue weighted by molar-refractivity contribution is 8.00. The lowest BCUT2D eigenvalue weighted by Gasteiger charge is -2.15. The third-order valence-electron chi connectivity index (χ3n) is 6.85. The van der Waals surface area contributed by atoms with Crippen molar-refractivity contribution in [2.45, 2.75) is 17.1 Å². The zero-order chi connectivity index (χ0) is 31.8. The lowest BCUT2D eigenvalue weighted by molar-refractivity contribution is -0.115. The summed E-state index contributed by atoms with van der Waals surface area (Å²) in [6, 6.07) is 34.5. The fourth-order valence-corrected chi connectivity index (χ4v) is 5.69. The number of halogens is 1. The topological polar surface area (TPSA) is 96.5 Å². The number of hydrogen-bond acceptors (Lipinski definition) is 5. The molecule has 0 spiro atoms. The molecule has 0 bridgehead atoms. The molecule has 1 unspecified atom stereocenters. The number of hydrogen-bond donors (Lipinski definition) is 3. The first-order valence-electron chi connectivity index (χ1n) is 14.1. The summed E-state index contributed by atoms with van der Waals surface area (Å²) in [7, 11) is 1.52. The van der Waals surface area contributed by atoms with Gasteiger partial charge in [-0.25, -0.2) is 0 Å². The average Bonchev–Trinajstić information content (AvgIpc) is 3.05. The van der Waals surface area contributed by atoms with Gasteiger partial charge in [0.2, 0.25) is 5.91 Å². The molecule has 0 aliphatic rings. The largest absolute Gasteiger partial charge is 0.495 e. The molecule has 0 aliphatic carbocycles. The molecule has 0 saturated heterocycles. The van der Waals surface area contributed by atoms with Crippen molar-refractivity contribution in [2.24, 2.45) is 0 Å². The van der Waals surface area contributed by atoms with Crippen molar-refractivity contribution in [3.8, 4) is 5.75 Å². The number of amides is 3. The van der Waals surface area contributed by atoms with Gasteiger partial charge in [0.1, 0.15) is 11.4 Å². The molecule has 0 aliphatic heterocycles. The highest BCUT2D eigenvalue weighted by atomic mass is 35.5. The Labute approximate surface area is 270 Å². The Morgan fingerprint density at radius 3 is 2.36 bits per heavy atom. The van der Waals surface area contributed by atoms with Crippen LogP contribution in [-0.4, -0.2) is 30.1 Å². The van der Waals surface area contributed by atoms with E-state index < -0.39 is 17.1 Å². The zero-order valence-electron chi connectivity index (χ0n) is 24.5. The van der Waals surface area contributed by atoms with E-state index in [-0.39, 0.29) is 11.6 Å². The fraction of sp³-hybridized carbons (Fsp3) is 0.0833. The Hall–Kier alpha value is -5.05. The summed E-state index contributed by atoms with van der Waals surface area (Å²) in [5.74, 6) is -0.633. The van der Waals surface area contributed by atoms with Gasteiger partial charge in [0, 0.05) is 21.2 Å². The van der Waals surface area contributed by atoms with E-state index >= 15 is 0 Å². The molecule has 0 saturated carbocycles. The minimum Gasteiger partial charge on any atom is -0.495 e. The van der Waals surface area contributed by atoms with Gasteiger partial charge in [0.05, 0.1) is 18.0 Å². The molecule has 0 aromatic heterocycles. The number of ether oxygens (including phenoxy) is 1. The van der Waals surface area contributed by atoms with E-state index in [2.05, 4.69) is 16.0 Å². The standard InChI is InChI=1S/C36H30ClN3O4S/c1-23(34(41)39-31-21-27(37)18-19-33(31)44-2)45-29-16-9-15-28(22-29)38-36(43)32(40-35(42)25-11-4-3-5-12-25)20-26-14-8-13-24-10-6-7-17-30(24)26/h3-23H,1-2H3,(H,38,43)(H,39,41)(H,40,42)/b32-20+. The van der Waals surface area contributed by atoms with Crippen LogP contribution < -0.4 is 20.7 Å². The van der Waals surface area contributed by atoms with Crippen molar-refractivity contribution in [3.05, 3.63) is 137 Å². The SMILES string of the molecule is COc1ccc(Cl)cc1NC(=O)C(C)Sc1cccc(NC(=O)/C(=C\c2cccc3ccccc23)NC(=O)c2ccccc2)c1. The lowest BCUT2D eigenvalue weighted by atomic mass is 10.0. The van der Waals surface area contributed by atoms with E-state index in [1.54, 1.807) is 73.7 Å². The van der Waals surface area contributed by atoms with E-state index in [4.69, 9.17) is 16.3 Å². The molecule has 5 rings (SSSR count). The molecule has 5 aromatic carbocycles. The van der Waals surface area contributed by atoms with Crippen LogP contribution in [0.4, 0.5) is 11.4 Å². The van der Waals surface area contributed by atoms with Crippen molar-refractivity contribution in [2.75, 3.05) is 17.7 Å². The van der Waals surface area contributed by atoms with Gasteiger partial charge in [0.15, 0.2) is 0 Å². The Morgan fingerprint density at radius 1 is 0.822 bits per heavy atom. The third kappa shape index (κ3) is 8.12. The van der Waals surface area contributed by atoms with Gasteiger partial charge in [-0.05, 0) is 77.9 Å². The minimum absolute atomic E-state index is 0.0847. The second-order valence-corrected chi connectivity index (χ2v) is 11.9. The summed E-state index contributed by atoms with van der Waals surface area (Å²) >= 11 is 7.43. The summed E-state index contributed by atoms with van der Waals surface area (Å²) in [6.45, 7) is 1.78. The normalized spacial score (nSPS) is 11.8. The number of methoxy groups -OCH3 is 1. The maximum atomic E-state index is 13.7. The van der Waals surface area contributed by atoms with Crippen LogP contribution in [0.2, 0.25) is 5.02 Å². The lowest BCUT2D eigenvalue weighted by Crippen LogP contribution is -2.30. The molecule has 3 amide bonds. The maximum absolute atomic E-state index is 13.7. The number of nitrogens with one attached hydrogen (secondary N) is 3. The monoisotopic (exact) mass is 635 g/mol. The maximum Gasteiger partial charge on any atom is 0.272 e. The van der Waals surface area contributed by atoms with Gasteiger partial charge in [-0.1, -0.05) is 78.3 Å². The molecule has 9 heteroatoms. The molecule has 0 fully saturated rings. The molecule has 0 radical (unpaired) electrons. The van der Waals surface area contributed by atoms with E-state index in [1.807, 2.05) is 54.6 Å². The van der Waals surface area contributed by atoms with Crippen LogP contribution in [0.3, 0.4) is 0 Å². The van der Waals surface area contributed by atoms with Crippen LogP contribution in [0, 0.1) is 0 Å². The van der Waals surface area contributed by atoms with Crippen LogP contribution in [0.1, 0.15) is 22.8 Å². The number of carbonyl (C=O) groups is 3. The summed E-state index contributed by atoms with van der Waals surface area (Å²) in [4.78, 5) is 40.5. The first-order valence-corrected chi connectivity index (χ1v) is 15.3. The molecule has 0 heterocycles. The van der Waals surface area contributed by atoms with E-state index in [9.17, 15) is 14.4 Å². The summed E-state index contributed by atoms with van der Waals surface area (Å²) < 4.78 is 5.33. The first-order chi connectivity index (χ1) is 21.8. The molecule has 7 nitrogen and oxygen atoms in total. The molecule has 3 N–H and O–H groups in total. The van der Waals surface area contributed by atoms with Gasteiger partial charge in [-0.3, -0.25) is 14.4 Å². The van der Waals surface area contributed by atoms with Gasteiger partial charge in [-0.15, -0.1) is 11.8 Å². The van der Waals surface area contributed by atoms with Crippen molar-refractivity contribution in [1.29, 1.82) is 0 Å². The van der Waals surface area contributed by atoms with Crippen molar-refractivity contribution in [1.82, 2.24) is 5.32 Å². The quantitative estimate of drug-likeness (QED) is 0.107. The number of thioether (sulfide) groups is 1. The number of anilines is 2. The second-order valence-electron chi connectivity index (χ2n) is 10.0. The highest BCUT2D eigenvalue weighted by Crippen LogP contribution is 2.31. The predicted octanol–water partition coefficient (Wildman–Crippen LogP) is 8.03.